The third-order valence-corrected chi connectivity index (χ3v) is 5.98. The number of hydrogen-bond donors (Lipinski definition) is 1. The molecule has 0 spiro atoms. The standard InChI is InChI=1S/C27H32N2O3/c1-3-4-9-19-32-24-16-15-20-11-5-6-12-21(20)25(24)26-28-23-14-8-7-13-22(23)27(30)29(26)17-10-18-31-2/h5-8,11-16,26,28H,3-4,9-10,17-19H2,1-2H3. The van der Waals surface area contributed by atoms with E-state index in [0.717, 1.165) is 53.5 Å². The number of methoxy groups -OCH3 is 1. The van der Waals surface area contributed by atoms with Crippen LogP contribution in [0.4, 0.5) is 5.69 Å². The van der Waals surface area contributed by atoms with Crippen LogP contribution in [0, 0.1) is 0 Å². The van der Waals surface area contributed by atoms with Gasteiger partial charge in [0, 0.05) is 31.5 Å². The Morgan fingerprint density at radius 1 is 0.938 bits per heavy atom. The summed E-state index contributed by atoms with van der Waals surface area (Å²) in [6.45, 7) is 4.06. The monoisotopic (exact) mass is 432 g/mol. The Bertz CT molecular complexity index is 1070. The number of nitrogens with zero attached hydrogens (tertiary/aromatic N) is 1. The molecule has 0 saturated carbocycles. The number of fused-ring (bicyclic) bond motifs is 2. The summed E-state index contributed by atoms with van der Waals surface area (Å²) in [5, 5.41) is 5.87. The van der Waals surface area contributed by atoms with Crippen molar-refractivity contribution in [3.05, 3.63) is 71.8 Å². The van der Waals surface area contributed by atoms with Crippen molar-refractivity contribution in [2.45, 2.75) is 38.8 Å². The van der Waals surface area contributed by atoms with E-state index in [1.807, 2.05) is 47.4 Å². The van der Waals surface area contributed by atoms with Crippen LogP contribution in [0.25, 0.3) is 10.8 Å². The molecule has 1 heterocycles. The maximum atomic E-state index is 13.5. The molecule has 0 aliphatic carbocycles. The van der Waals surface area contributed by atoms with Crippen molar-refractivity contribution in [1.29, 1.82) is 0 Å². The Morgan fingerprint density at radius 3 is 2.59 bits per heavy atom. The Hall–Kier alpha value is -3.05. The second-order valence-corrected chi connectivity index (χ2v) is 8.19. The van der Waals surface area contributed by atoms with Crippen molar-refractivity contribution in [2.24, 2.45) is 0 Å². The quantitative estimate of drug-likeness (QED) is 0.399. The van der Waals surface area contributed by atoms with Crippen LogP contribution in [0.15, 0.2) is 60.7 Å². The molecule has 1 aliphatic rings. The summed E-state index contributed by atoms with van der Waals surface area (Å²) >= 11 is 0. The fraction of sp³-hybridized carbons (Fsp3) is 0.370. The van der Waals surface area contributed by atoms with Gasteiger partial charge in [0.2, 0.25) is 0 Å². The summed E-state index contributed by atoms with van der Waals surface area (Å²) in [5.74, 6) is 0.867. The molecule has 1 aliphatic heterocycles. The maximum Gasteiger partial charge on any atom is 0.257 e. The van der Waals surface area contributed by atoms with Gasteiger partial charge in [-0.2, -0.15) is 0 Å². The lowest BCUT2D eigenvalue weighted by atomic mass is 9.97. The highest BCUT2D eigenvalue weighted by atomic mass is 16.5. The van der Waals surface area contributed by atoms with Crippen molar-refractivity contribution in [3.8, 4) is 5.75 Å². The number of hydrogen-bond acceptors (Lipinski definition) is 4. The summed E-state index contributed by atoms with van der Waals surface area (Å²) in [7, 11) is 1.69. The molecule has 0 radical (unpaired) electrons. The molecule has 4 rings (SSSR count). The molecule has 1 atom stereocenters. The third kappa shape index (κ3) is 4.58. The molecule has 5 nitrogen and oxygen atoms in total. The molecule has 0 saturated heterocycles. The first kappa shape index (κ1) is 22.2. The van der Waals surface area contributed by atoms with E-state index in [4.69, 9.17) is 9.47 Å². The summed E-state index contributed by atoms with van der Waals surface area (Å²) in [6.07, 6.45) is 3.75. The van der Waals surface area contributed by atoms with E-state index in [2.05, 4.69) is 30.4 Å². The smallest absolute Gasteiger partial charge is 0.257 e. The Morgan fingerprint density at radius 2 is 1.75 bits per heavy atom. The molecule has 0 aromatic heterocycles. The van der Waals surface area contributed by atoms with Gasteiger partial charge in [0.1, 0.15) is 11.9 Å². The van der Waals surface area contributed by atoms with Crippen molar-refractivity contribution < 1.29 is 14.3 Å². The van der Waals surface area contributed by atoms with Gasteiger partial charge < -0.3 is 19.7 Å². The van der Waals surface area contributed by atoms with Crippen molar-refractivity contribution in [1.82, 2.24) is 4.90 Å². The summed E-state index contributed by atoms with van der Waals surface area (Å²) in [4.78, 5) is 15.5. The zero-order valence-electron chi connectivity index (χ0n) is 19.0. The van der Waals surface area contributed by atoms with Gasteiger partial charge in [-0.25, -0.2) is 0 Å². The van der Waals surface area contributed by atoms with Crippen LogP contribution in [-0.2, 0) is 4.74 Å². The lowest BCUT2D eigenvalue weighted by Crippen LogP contribution is -2.44. The number of unbranched alkanes of at least 4 members (excludes halogenated alkanes) is 2. The van der Waals surface area contributed by atoms with Crippen LogP contribution in [0.3, 0.4) is 0 Å². The number of carbonyl (C=O) groups is 1. The van der Waals surface area contributed by atoms with Crippen LogP contribution in [0.5, 0.6) is 5.75 Å². The fourth-order valence-corrected chi connectivity index (χ4v) is 4.35. The van der Waals surface area contributed by atoms with Gasteiger partial charge in [-0.3, -0.25) is 4.79 Å². The highest BCUT2D eigenvalue weighted by molar-refractivity contribution is 6.02. The minimum atomic E-state index is -0.318. The normalized spacial score (nSPS) is 15.5. The number of benzene rings is 3. The van der Waals surface area contributed by atoms with Crippen LogP contribution >= 0.6 is 0 Å². The molecular weight excluding hydrogens is 400 g/mol. The molecule has 3 aromatic rings. The molecule has 0 fully saturated rings. The van der Waals surface area contributed by atoms with Gasteiger partial charge in [0.25, 0.3) is 5.91 Å². The number of nitrogens with one attached hydrogen (secondary N) is 1. The minimum absolute atomic E-state index is 0.0327. The molecule has 0 bridgehead atoms. The molecule has 168 valence electrons. The molecule has 5 heteroatoms. The summed E-state index contributed by atoms with van der Waals surface area (Å²) in [5.41, 5.74) is 2.57. The van der Waals surface area contributed by atoms with Gasteiger partial charge >= 0.3 is 0 Å². The minimum Gasteiger partial charge on any atom is -0.493 e. The molecule has 32 heavy (non-hydrogen) atoms. The summed E-state index contributed by atoms with van der Waals surface area (Å²) in [6, 6.07) is 20.2. The van der Waals surface area contributed by atoms with E-state index in [-0.39, 0.29) is 12.1 Å². The van der Waals surface area contributed by atoms with E-state index in [1.165, 1.54) is 0 Å². The van der Waals surface area contributed by atoms with Crippen LogP contribution in [0.1, 0.15) is 54.7 Å². The lowest BCUT2D eigenvalue weighted by molar-refractivity contribution is 0.0659. The predicted octanol–water partition coefficient (Wildman–Crippen LogP) is 6.01. The van der Waals surface area contributed by atoms with Gasteiger partial charge in [-0.05, 0) is 41.8 Å². The number of amides is 1. The second kappa shape index (κ2) is 10.5. The van der Waals surface area contributed by atoms with E-state index in [0.29, 0.717) is 25.3 Å². The molecule has 1 unspecified atom stereocenters. The number of anilines is 1. The van der Waals surface area contributed by atoms with Crippen molar-refractivity contribution in [2.75, 3.05) is 32.2 Å². The second-order valence-electron chi connectivity index (χ2n) is 8.19. The highest BCUT2D eigenvalue weighted by Crippen LogP contribution is 2.40. The van der Waals surface area contributed by atoms with E-state index in [1.54, 1.807) is 7.11 Å². The largest absolute Gasteiger partial charge is 0.493 e. The zero-order chi connectivity index (χ0) is 22.3. The van der Waals surface area contributed by atoms with Crippen molar-refractivity contribution in [3.63, 3.8) is 0 Å². The third-order valence-electron chi connectivity index (χ3n) is 5.98. The fourth-order valence-electron chi connectivity index (χ4n) is 4.35. The topological polar surface area (TPSA) is 50.8 Å². The number of carbonyl (C=O) groups excluding carboxylic acids is 1. The van der Waals surface area contributed by atoms with Crippen LogP contribution < -0.4 is 10.1 Å². The van der Waals surface area contributed by atoms with E-state index < -0.39 is 0 Å². The lowest BCUT2D eigenvalue weighted by Gasteiger charge is -2.39. The van der Waals surface area contributed by atoms with Crippen molar-refractivity contribution >= 4 is 22.4 Å². The summed E-state index contributed by atoms with van der Waals surface area (Å²) < 4.78 is 11.6. The number of ether oxygens (including phenoxy) is 2. The first-order chi connectivity index (χ1) is 15.7. The van der Waals surface area contributed by atoms with Gasteiger partial charge in [0.15, 0.2) is 0 Å². The van der Waals surface area contributed by atoms with Gasteiger partial charge in [-0.1, -0.05) is 62.2 Å². The Kier molecular flexibility index (Phi) is 7.28. The zero-order valence-corrected chi connectivity index (χ0v) is 19.0. The first-order valence-electron chi connectivity index (χ1n) is 11.5. The highest BCUT2D eigenvalue weighted by Gasteiger charge is 2.35. The van der Waals surface area contributed by atoms with Gasteiger partial charge in [-0.15, -0.1) is 0 Å². The average molecular weight is 433 g/mol. The molecule has 3 aromatic carbocycles. The first-order valence-corrected chi connectivity index (χ1v) is 11.5. The number of rotatable bonds is 10. The molecule has 1 N–H and O–H groups in total. The number of para-hydroxylation sites is 1. The Labute approximate surface area is 190 Å². The van der Waals surface area contributed by atoms with Crippen LogP contribution in [-0.4, -0.2) is 37.7 Å². The van der Waals surface area contributed by atoms with E-state index in [9.17, 15) is 4.79 Å². The maximum absolute atomic E-state index is 13.5. The van der Waals surface area contributed by atoms with Crippen LogP contribution in [0.2, 0.25) is 0 Å². The Balaban J connectivity index is 1.79. The predicted molar refractivity (Wildman–Crippen MR) is 129 cm³/mol. The SMILES string of the molecule is CCCCCOc1ccc2ccccc2c1C1Nc2ccccc2C(=O)N1CCCOC. The van der Waals surface area contributed by atoms with E-state index >= 15 is 0 Å². The molecular formula is C27H32N2O3. The molecule has 1 amide bonds. The van der Waals surface area contributed by atoms with Gasteiger partial charge in [0.05, 0.1) is 12.2 Å². The average Bonchev–Trinajstić information content (AvgIpc) is 2.83.